The number of benzene rings is 1. The molecule has 0 fully saturated rings. The van der Waals surface area contributed by atoms with Crippen LogP contribution in [0.2, 0.25) is 0 Å². The minimum atomic E-state index is -3.44. The fourth-order valence-corrected chi connectivity index (χ4v) is 2.43. The first-order valence-corrected chi connectivity index (χ1v) is 5.97. The van der Waals surface area contributed by atoms with E-state index in [9.17, 15) is 8.42 Å². The van der Waals surface area contributed by atoms with E-state index in [1.54, 1.807) is 24.3 Å². The maximum Gasteiger partial charge on any atom is 0.243 e. The topological polar surface area (TPSA) is 58.2 Å². The predicted molar refractivity (Wildman–Crippen MR) is 57.9 cm³/mol. The van der Waals surface area contributed by atoms with Crippen molar-refractivity contribution in [2.24, 2.45) is 0 Å². The molecule has 1 aromatic rings. The molecule has 0 aliphatic carbocycles. The lowest BCUT2D eigenvalue weighted by molar-refractivity contribution is 0.586. The normalized spacial score (nSPS) is 18.1. The zero-order chi connectivity index (χ0) is 10.7. The number of hydrogen-bond acceptors (Lipinski definition) is 3. The number of para-hydroxylation sites is 1. The van der Waals surface area contributed by atoms with Gasteiger partial charge < -0.3 is 5.32 Å². The minimum Gasteiger partial charge on any atom is -0.373 e. The summed E-state index contributed by atoms with van der Waals surface area (Å²) in [4.78, 5) is 0.260. The van der Waals surface area contributed by atoms with Crippen molar-refractivity contribution in [3.8, 4) is 11.8 Å². The molecule has 2 N–H and O–H groups in total. The van der Waals surface area contributed by atoms with E-state index in [1.807, 2.05) is 0 Å². The van der Waals surface area contributed by atoms with E-state index in [4.69, 9.17) is 0 Å². The first-order chi connectivity index (χ1) is 7.20. The summed E-state index contributed by atoms with van der Waals surface area (Å²) in [6, 6.07) is 6.77. The number of sulfonamides is 1. The van der Waals surface area contributed by atoms with Crippen molar-refractivity contribution < 1.29 is 8.42 Å². The van der Waals surface area contributed by atoms with Crippen LogP contribution in [0.15, 0.2) is 29.2 Å². The van der Waals surface area contributed by atoms with Crippen LogP contribution < -0.4 is 10.0 Å². The van der Waals surface area contributed by atoms with Gasteiger partial charge in [0, 0.05) is 0 Å². The van der Waals surface area contributed by atoms with Crippen LogP contribution in [0, 0.1) is 11.8 Å². The van der Waals surface area contributed by atoms with Crippen molar-refractivity contribution in [2.45, 2.75) is 4.90 Å². The van der Waals surface area contributed by atoms with E-state index in [1.165, 1.54) is 0 Å². The molecule has 0 spiro atoms. The highest BCUT2D eigenvalue weighted by atomic mass is 32.2. The molecule has 1 aromatic carbocycles. The molecule has 15 heavy (non-hydrogen) atoms. The van der Waals surface area contributed by atoms with Gasteiger partial charge in [0.25, 0.3) is 0 Å². The first kappa shape index (κ1) is 10.0. The van der Waals surface area contributed by atoms with Gasteiger partial charge in [0.05, 0.1) is 18.8 Å². The third-order valence-electron chi connectivity index (χ3n) is 2.02. The number of nitrogens with one attached hydrogen (secondary N) is 2. The molecule has 1 aliphatic heterocycles. The molecule has 5 heteroatoms. The van der Waals surface area contributed by atoms with Crippen molar-refractivity contribution in [1.29, 1.82) is 0 Å². The fourth-order valence-electron chi connectivity index (χ4n) is 1.32. The molecule has 1 heterocycles. The molecule has 0 unspecified atom stereocenters. The van der Waals surface area contributed by atoms with E-state index >= 15 is 0 Å². The third kappa shape index (κ3) is 2.12. The Morgan fingerprint density at radius 3 is 2.73 bits per heavy atom. The molecule has 78 valence electrons. The zero-order valence-corrected chi connectivity index (χ0v) is 8.76. The molecule has 1 aliphatic rings. The van der Waals surface area contributed by atoms with Crippen LogP contribution in [0.4, 0.5) is 5.69 Å². The Morgan fingerprint density at radius 1 is 1.13 bits per heavy atom. The molecular weight excluding hydrogens is 212 g/mol. The monoisotopic (exact) mass is 222 g/mol. The van der Waals surface area contributed by atoms with E-state index < -0.39 is 10.0 Å². The molecule has 0 aromatic heterocycles. The Balaban J connectivity index is 2.53. The zero-order valence-electron chi connectivity index (χ0n) is 7.95. The van der Waals surface area contributed by atoms with Crippen LogP contribution in [0.25, 0.3) is 0 Å². The maximum absolute atomic E-state index is 11.8. The van der Waals surface area contributed by atoms with Crippen molar-refractivity contribution in [3.63, 3.8) is 0 Å². The van der Waals surface area contributed by atoms with Crippen LogP contribution in [0.1, 0.15) is 0 Å². The standard InChI is InChI=1S/C10H10N2O2S/c13-15(14)10-6-2-1-5-9(10)11-7-3-4-8-12-15/h1-2,5-6,11-12H,7-8H2. The Morgan fingerprint density at radius 2 is 1.87 bits per heavy atom. The molecule has 4 nitrogen and oxygen atoms in total. The van der Waals surface area contributed by atoms with Gasteiger partial charge in [-0.25, -0.2) is 8.42 Å². The lowest BCUT2D eigenvalue weighted by atomic mass is 10.3. The van der Waals surface area contributed by atoms with Crippen LogP contribution in [0.3, 0.4) is 0 Å². The molecule has 0 amide bonds. The largest absolute Gasteiger partial charge is 0.373 e. The van der Waals surface area contributed by atoms with Crippen molar-refractivity contribution in [3.05, 3.63) is 24.3 Å². The molecule has 0 saturated carbocycles. The van der Waals surface area contributed by atoms with Gasteiger partial charge in [-0.3, -0.25) is 0 Å². The summed E-state index contributed by atoms with van der Waals surface area (Å²) >= 11 is 0. The molecule has 2 rings (SSSR count). The second kappa shape index (κ2) is 3.93. The number of fused-ring (bicyclic) bond motifs is 1. The SMILES string of the molecule is O=S1(=O)NCC#CCNc2ccccc21. The number of hydrogen-bond donors (Lipinski definition) is 2. The Kier molecular flexibility index (Phi) is 2.62. The van der Waals surface area contributed by atoms with E-state index in [0.717, 1.165) is 0 Å². The Labute approximate surface area is 88.7 Å². The first-order valence-electron chi connectivity index (χ1n) is 4.48. The summed E-state index contributed by atoms with van der Waals surface area (Å²) in [6.07, 6.45) is 0. The summed E-state index contributed by atoms with van der Waals surface area (Å²) in [5, 5.41) is 2.97. The van der Waals surface area contributed by atoms with Gasteiger partial charge in [-0.15, -0.1) is 0 Å². The van der Waals surface area contributed by atoms with Crippen LogP contribution in [0.5, 0.6) is 0 Å². The molecule has 0 bridgehead atoms. The number of anilines is 1. The quantitative estimate of drug-likeness (QED) is 0.624. The Hall–Kier alpha value is -1.51. The minimum absolute atomic E-state index is 0.151. The highest BCUT2D eigenvalue weighted by molar-refractivity contribution is 7.89. The molecular formula is C10H10N2O2S. The van der Waals surface area contributed by atoms with E-state index in [-0.39, 0.29) is 11.4 Å². The van der Waals surface area contributed by atoms with Crippen molar-refractivity contribution in [1.82, 2.24) is 4.72 Å². The summed E-state index contributed by atoms with van der Waals surface area (Å²) in [6.45, 7) is 0.604. The van der Waals surface area contributed by atoms with Crippen molar-refractivity contribution in [2.75, 3.05) is 18.4 Å². The van der Waals surface area contributed by atoms with Gasteiger partial charge in [0.15, 0.2) is 0 Å². The smallest absolute Gasteiger partial charge is 0.243 e. The van der Waals surface area contributed by atoms with E-state index in [2.05, 4.69) is 21.9 Å². The highest BCUT2D eigenvalue weighted by Gasteiger charge is 2.17. The maximum atomic E-state index is 11.8. The second-order valence-corrected chi connectivity index (χ2v) is 4.76. The average Bonchev–Trinajstić information content (AvgIpc) is 2.29. The van der Waals surface area contributed by atoms with Crippen LogP contribution >= 0.6 is 0 Å². The fraction of sp³-hybridized carbons (Fsp3) is 0.200. The average molecular weight is 222 g/mol. The van der Waals surface area contributed by atoms with Crippen LogP contribution in [-0.4, -0.2) is 21.5 Å². The van der Waals surface area contributed by atoms with Crippen LogP contribution in [-0.2, 0) is 10.0 Å². The van der Waals surface area contributed by atoms with Gasteiger partial charge in [-0.05, 0) is 12.1 Å². The highest BCUT2D eigenvalue weighted by Crippen LogP contribution is 2.20. The summed E-state index contributed by atoms with van der Waals surface area (Å²) < 4.78 is 26.0. The van der Waals surface area contributed by atoms with Gasteiger partial charge in [-0.2, -0.15) is 4.72 Å². The third-order valence-corrected chi connectivity index (χ3v) is 3.48. The predicted octanol–water partition coefficient (Wildman–Crippen LogP) is 0.394. The lowest BCUT2D eigenvalue weighted by Crippen LogP contribution is -2.24. The van der Waals surface area contributed by atoms with E-state index in [0.29, 0.717) is 12.2 Å². The van der Waals surface area contributed by atoms with Gasteiger partial charge in [-0.1, -0.05) is 24.0 Å². The molecule has 0 atom stereocenters. The lowest BCUT2D eigenvalue weighted by Gasteiger charge is -2.09. The molecule has 0 saturated heterocycles. The van der Waals surface area contributed by atoms with Gasteiger partial charge in [0.2, 0.25) is 10.0 Å². The second-order valence-electron chi connectivity index (χ2n) is 3.03. The van der Waals surface area contributed by atoms with Gasteiger partial charge in [0.1, 0.15) is 4.90 Å². The Bertz CT molecular complexity index is 526. The van der Waals surface area contributed by atoms with Gasteiger partial charge >= 0.3 is 0 Å². The summed E-state index contributed by atoms with van der Waals surface area (Å²) in [5.41, 5.74) is 0.584. The summed E-state index contributed by atoms with van der Waals surface area (Å²) in [5.74, 6) is 5.53. The molecule has 0 radical (unpaired) electrons. The van der Waals surface area contributed by atoms with Crippen molar-refractivity contribution >= 4 is 15.7 Å². The number of rotatable bonds is 0. The summed E-state index contributed by atoms with van der Waals surface area (Å²) in [7, 11) is -3.44.